The molecule has 0 amide bonds. The van der Waals surface area contributed by atoms with Crippen LogP contribution in [0.5, 0.6) is 0 Å². The van der Waals surface area contributed by atoms with Crippen LogP contribution in [0.3, 0.4) is 0 Å². The smallest absolute Gasteiger partial charge is 0.328 e. The number of rotatable bonds is 5. The van der Waals surface area contributed by atoms with Gasteiger partial charge in [0.05, 0.1) is 10.8 Å². The summed E-state index contributed by atoms with van der Waals surface area (Å²) in [6.45, 7) is 2.75. The second kappa shape index (κ2) is 7.47. The van der Waals surface area contributed by atoms with E-state index < -0.39 is 29.7 Å². The summed E-state index contributed by atoms with van der Waals surface area (Å²) in [5.41, 5.74) is 0.948. The zero-order chi connectivity index (χ0) is 21.4. The molecule has 2 aromatic heterocycles. The molecule has 152 valence electrons. The molecule has 30 heavy (non-hydrogen) atoms. The van der Waals surface area contributed by atoms with Crippen LogP contribution in [0.2, 0.25) is 0 Å². The van der Waals surface area contributed by atoms with Gasteiger partial charge in [0, 0.05) is 22.2 Å². The van der Waals surface area contributed by atoms with Crippen molar-refractivity contribution < 1.29 is 14.3 Å². The molecule has 0 aliphatic carbocycles. The lowest BCUT2D eigenvalue weighted by molar-refractivity contribution is -0.147. The predicted molar refractivity (Wildman–Crippen MR) is 112 cm³/mol. The highest BCUT2D eigenvalue weighted by atomic mass is 16.5. The highest BCUT2D eigenvalue weighted by molar-refractivity contribution is 6.11. The Kier molecular flexibility index (Phi) is 4.83. The molecule has 2 aromatic carbocycles. The number of aromatic amines is 2. The number of hydrogen-bond donors (Lipinski definition) is 2. The first-order chi connectivity index (χ1) is 14.4. The number of H-pyrrole nitrogens is 2. The zero-order valence-corrected chi connectivity index (χ0v) is 16.4. The van der Waals surface area contributed by atoms with E-state index in [0.717, 1.165) is 15.6 Å². The minimum atomic E-state index is -1.06. The molecule has 0 saturated heterocycles. The molecular formula is C22H19N3O5. The molecule has 0 bridgehead atoms. The van der Waals surface area contributed by atoms with Gasteiger partial charge in [-0.25, -0.2) is 4.68 Å². The van der Waals surface area contributed by atoms with E-state index in [4.69, 9.17) is 4.74 Å². The lowest BCUT2D eigenvalue weighted by atomic mass is 10.0. The van der Waals surface area contributed by atoms with Crippen molar-refractivity contribution in [3.8, 4) is 0 Å². The average Bonchev–Trinajstić information content (AvgIpc) is 3.06. The van der Waals surface area contributed by atoms with E-state index in [1.54, 1.807) is 19.1 Å². The number of aromatic nitrogens is 3. The standard InChI is InChI=1S/C22H19N3O5/c1-12-19(16-9-5-6-10-17(16)23-12)20(27)13(2)30-18(26)11-25-22(29)15-8-4-3-7-14(15)21(28)24-25/h3-10,13,23H,11H2,1-2H3,(H,24,28). The monoisotopic (exact) mass is 405 g/mol. The molecule has 0 spiro atoms. The van der Waals surface area contributed by atoms with Crippen LogP contribution in [-0.2, 0) is 16.1 Å². The van der Waals surface area contributed by atoms with Gasteiger partial charge < -0.3 is 9.72 Å². The fourth-order valence-electron chi connectivity index (χ4n) is 3.57. The topological polar surface area (TPSA) is 114 Å². The molecule has 0 aliphatic heterocycles. The van der Waals surface area contributed by atoms with Crippen LogP contribution in [0.15, 0.2) is 58.1 Å². The summed E-state index contributed by atoms with van der Waals surface area (Å²) in [5, 5.41) is 3.56. The molecule has 0 fully saturated rings. The zero-order valence-electron chi connectivity index (χ0n) is 16.4. The number of carbonyl (C=O) groups is 2. The van der Waals surface area contributed by atoms with Gasteiger partial charge in [-0.3, -0.25) is 24.3 Å². The van der Waals surface area contributed by atoms with E-state index in [0.29, 0.717) is 11.3 Å². The van der Waals surface area contributed by atoms with Crippen LogP contribution >= 0.6 is 0 Å². The number of nitrogens with zero attached hydrogens (tertiary/aromatic N) is 1. The van der Waals surface area contributed by atoms with Gasteiger partial charge in [0.2, 0.25) is 5.78 Å². The molecule has 1 unspecified atom stereocenters. The Labute approximate surface area is 170 Å². The summed E-state index contributed by atoms with van der Waals surface area (Å²) in [6, 6.07) is 13.7. The third-order valence-electron chi connectivity index (χ3n) is 4.99. The van der Waals surface area contributed by atoms with Crippen molar-refractivity contribution in [1.29, 1.82) is 0 Å². The number of carbonyl (C=O) groups excluding carboxylic acids is 2. The van der Waals surface area contributed by atoms with E-state index >= 15 is 0 Å². The molecular weight excluding hydrogens is 386 g/mol. The fourth-order valence-corrected chi connectivity index (χ4v) is 3.57. The van der Waals surface area contributed by atoms with Gasteiger partial charge in [-0.05, 0) is 32.0 Å². The van der Waals surface area contributed by atoms with Crippen LogP contribution in [-0.4, -0.2) is 32.6 Å². The van der Waals surface area contributed by atoms with Crippen LogP contribution in [0.25, 0.3) is 21.7 Å². The predicted octanol–water partition coefficient (Wildman–Crippen LogP) is 2.29. The number of nitrogens with one attached hydrogen (secondary N) is 2. The first kappa shape index (κ1) is 19.4. The number of fused-ring (bicyclic) bond motifs is 2. The largest absolute Gasteiger partial charge is 0.453 e. The fraction of sp³-hybridized carbons (Fsp3) is 0.182. The molecule has 4 rings (SSSR count). The van der Waals surface area contributed by atoms with Crippen molar-refractivity contribution >= 4 is 33.4 Å². The summed E-state index contributed by atoms with van der Waals surface area (Å²) < 4.78 is 6.16. The van der Waals surface area contributed by atoms with Gasteiger partial charge in [0.15, 0.2) is 6.10 Å². The van der Waals surface area contributed by atoms with E-state index in [9.17, 15) is 19.2 Å². The molecule has 1 atom stereocenters. The number of ether oxygens (including phenoxy) is 1. The van der Waals surface area contributed by atoms with Crippen LogP contribution in [0.1, 0.15) is 23.0 Å². The summed E-state index contributed by atoms with van der Waals surface area (Å²) in [4.78, 5) is 53.1. The van der Waals surface area contributed by atoms with Gasteiger partial charge in [0.25, 0.3) is 11.1 Å². The van der Waals surface area contributed by atoms with Crippen LogP contribution in [0.4, 0.5) is 0 Å². The molecule has 0 radical (unpaired) electrons. The minimum Gasteiger partial charge on any atom is -0.453 e. The number of esters is 1. The summed E-state index contributed by atoms with van der Waals surface area (Å²) in [5.74, 6) is -1.15. The Balaban J connectivity index is 1.56. The second-order valence-electron chi connectivity index (χ2n) is 7.04. The van der Waals surface area contributed by atoms with Gasteiger partial charge in [-0.1, -0.05) is 30.3 Å². The maximum Gasteiger partial charge on any atom is 0.328 e. The number of aryl methyl sites for hydroxylation is 1. The maximum absolute atomic E-state index is 12.9. The highest BCUT2D eigenvalue weighted by Gasteiger charge is 2.24. The third-order valence-corrected chi connectivity index (χ3v) is 4.99. The quantitative estimate of drug-likeness (QED) is 0.391. The molecule has 2 heterocycles. The van der Waals surface area contributed by atoms with Crippen molar-refractivity contribution in [2.45, 2.75) is 26.5 Å². The summed E-state index contributed by atoms with van der Waals surface area (Å²) in [7, 11) is 0. The average molecular weight is 405 g/mol. The first-order valence-electron chi connectivity index (χ1n) is 9.39. The molecule has 2 N–H and O–H groups in total. The second-order valence-corrected chi connectivity index (χ2v) is 7.04. The van der Waals surface area contributed by atoms with Gasteiger partial charge in [-0.2, -0.15) is 0 Å². The lowest BCUT2D eigenvalue weighted by Crippen LogP contribution is -2.34. The molecule has 8 nitrogen and oxygen atoms in total. The molecule has 4 aromatic rings. The van der Waals surface area contributed by atoms with E-state index in [1.807, 2.05) is 24.3 Å². The Morgan fingerprint density at radius 2 is 1.63 bits per heavy atom. The van der Waals surface area contributed by atoms with Gasteiger partial charge in [-0.15, -0.1) is 0 Å². The molecule has 0 saturated carbocycles. The van der Waals surface area contributed by atoms with Crippen LogP contribution in [0, 0.1) is 6.92 Å². The molecule has 0 aliphatic rings. The van der Waals surface area contributed by atoms with Crippen molar-refractivity contribution in [3.05, 3.63) is 80.5 Å². The van der Waals surface area contributed by atoms with Crippen molar-refractivity contribution in [2.24, 2.45) is 0 Å². The summed E-state index contributed by atoms with van der Waals surface area (Å²) >= 11 is 0. The van der Waals surface area contributed by atoms with Crippen molar-refractivity contribution in [1.82, 2.24) is 14.8 Å². The van der Waals surface area contributed by atoms with Crippen molar-refractivity contribution in [2.75, 3.05) is 0 Å². The molecule has 8 heteroatoms. The SMILES string of the molecule is Cc1[nH]c2ccccc2c1C(=O)C(C)OC(=O)Cn1[nH]c(=O)c2ccccc2c1=O. The lowest BCUT2D eigenvalue weighted by Gasteiger charge is -2.13. The third kappa shape index (κ3) is 3.32. The van der Waals surface area contributed by atoms with Crippen LogP contribution < -0.4 is 11.1 Å². The minimum absolute atomic E-state index is 0.201. The normalized spacial score (nSPS) is 12.2. The highest BCUT2D eigenvalue weighted by Crippen LogP contribution is 2.23. The number of Topliss-reactive ketones (excluding diaryl/α,β-unsaturated/α-hetero) is 1. The Hall–Kier alpha value is -3.94. The number of para-hydroxylation sites is 1. The van der Waals surface area contributed by atoms with E-state index in [1.165, 1.54) is 19.1 Å². The number of benzene rings is 2. The van der Waals surface area contributed by atoms with Crippen molar-refractivity contribution in [3.63, 3.8) is 0 Å². The Morgan fingerprint density at radius 3 is 2.37 bits per heavy atom. The summed E-state index contributed by atoms with van der Waals surface area (Å²) in [6.07, 6.45) is -1.06. The maximum atomic E-state index is 12.9. The Bertz CT molecular complexity index is 1410. The van der Waals surface area contributed by atoms with E-state index in [2.05, 4.69) is 10.1 Å². The number of hydrogen-bond acceptors (Lipinski definition) is 5. The van der Waals surface area contributed by atoms with Gasteiger partial charge >= 0.3 is 5.97 Å². The Morgan fingerprint density at radius 1 is 1.00 bits per heavy atom. The first-order valence-corrected chi connectivity index (χ1v) is 9.39. The number of ketones is 1. The van der Waals surface area contributed by atoms with E-state index in [-0.39, 0.29) is 16.6 Å². The van der Waals surface area contributed by atoms with Gasteiger partial charge in [0.1, 0.15) is 6.54 Å².